The molecule has 1 saturated heterocycles. The smallest absolute Gasteiger partial charge is 0.284 e. The Morgan fingerprint density at radius 3 is 2.50 bits per heavy atom. The van der Waals surface area contributed by atoms with Crippen molar-refractivity contribution < 1.29 is 17.6 Å². The minimum atomic E-state index is -3.84. The lowest BCUT2D eigenvalue weighted by Crippen LogP contribution is -2.51. The zero-order valence-electron chi connectivity index (χ0n) is 15.0. The van der Waals surface area contributed by atoms with E-state index in [2.05, 4.69) is 5.32 Å². The Bertz CT molecular complexity index is 1010. The Labute approximate surface area is 173 Å². The minimum Gasteiger partial charge on any atom is -0.438 e. The molecule has 0 spiro atoms. The van der Waals surface area contributed by atoms with Gasteiger partial charge >= 0.3 is 0 Å². The summed E-state index contributed by atoms with van der Waals surface area (Å²) in [6.07, 6.45) is 0. The predicted molar refractivity (Wildman–Crippen MR) is 110 cm³/mol. The quantitative estimate of drug-likeness (QED) is 0.697. The lowest BCUT2D eigenvalue weighted by atomic mass is 10.2. The molecule has 3 N–H and O–H groups in total. The van der Waals surface area contributed by atoms with Crippen molar-refractivity contribution in [1.29, 1.82) is 0 Å². The predicted octanol–water partition coefficient (Wildman–Crippen LogP) is 2.04. The molecule has 150 valence electrons. The summed E-state index contributed by atoms with van der Waals surface area (Å²) in [6.45, 7) is 3.17. The number of primary amides is 1. The van der Waals surface area contributed by atoms with E-state index in [1.165, 1.54) is 16.4 Å². The van der Waals surface area contributed by atoms with Crippen LogP contribution in [0.5, 0.6) is 0 Å². The van der Waals surface area contributed by atoms with E-state index in [1.807, 2.05) is 24.0 Å². The zero-order chi connectivity index (χ0) is 20.5. The molecule has 1 aromatic carbocycles. The maximum Gasteiger partial charge on any atom is 0.284 e. The van der Waals surface area contributed by atoms with E-state index in [0.717, 1.165) is 11.3 Å². The molecule has 0 atom stereocenters. The highest BCUT2D eigenvalue weighted by molar-refractivity contribution is 7.89. The van der Waals surface area contributed by atoms with Crippen molar-refractivity contribution in [3.8, 4) is 0 Å². The van der Waals surface area contributed by atoms with Gasteiger partial charge in [0.2, 0.25) is 5.09 Å². The molecule has 0 aliphatic carbocycles. The maximum absolute atomic E-state index is 12.7. The monoisotopic (exact) mass is 442 g/mol. The molecule has 1 aliphatic heterocycles. The summed E-state index contributed by atoms with van der Waals surface area (Å²) in [7, 11) is -3.84. The number of anilines is 1. The Balaban J connectivity index is 1.64. The topological polar surface area (TPSA) is 109 Å². The van der Waals surface area contributed by atoms with E-state index >= 15 is 0 Å². The third-order valence-corrected chi connectivity index (χ3v) is 7.00. The van der Waals surface area contributed by atoms with Crippen LogP contribution in [-0.4, -0.2) is 54.8 Å². The number of rotatable bonds is 4. The number of carbonyl (C=O) groups is 1. The van der Waals surface area contributed by atoms with E-state index in [1.54, 1.807) is 6.07 Å². The number of sulfonamides is 1. The normalized spacial score (nSPS) is 15.4. The highest BCUT2D eigenvalue weighted by atomic mass is 35.5. The number of hydrogen-bond acceptors (Lipinski definition) is 5. The number of amides is 1. The van der Waals surface area contributed by atoms with Crippen LogP contribution in [-0.2, 0) is 10.0 Å². The largest absolute Gasteiger partial charge is 0.438 e. The van der Waals surface area contributed by atoms with Gasteiger partial charge in [0.1, 0.15) is 0 Å². The summed E-state index contributed by atoms with van der Waals surface area (Å²) in [5, 5.41) is 3.99. The molecule has 2 aromatic rings. The second-order valence-electron chi connectivity index (χ2n) is 6.22. The summed E-state index contributed by atoms with van der Waals surface area (Å²) < 4.78 is 31.7. The van der Waals surface area contributed by atoms with Gasteiger partial charge in [-0.25, -0.2) is 8.42 Å². The van der Waals surface area contributed by atoms with E-state index in [-0.39, 0.29) is 23.9 Å². The number of carbonyl (C=O) groups excluding carboxylic acids is 1. The van der Waals surface area contributed by atoms with Crippen LogP contribution in [0.2, 0.25) is 5.02 Å². The van der Waals surface area contributed by atoms with Gasteiger partial charge in [-0.1, -0.05) is 17.7 Å². The fourth-order valence-electron chi connectivity index (χ4n) is 2.79. The molecule has 0 bridgehead atoms. The summed E-state index contributed by atoms with van der Waals surface area (Å²) in [5.74, 6) is -1.02. The molecule has 0 unspecified atom stereocenters. The first-order valence-corrected chi connectivity index (χ1v) is 10.6. The van der Waals surface area contributed by atoms with Crippen molar-refractivity contribution in [2.45, 2.75) is 12.0 Å². The molecular weight excluding hydrogens is 424 g/mol. The van der Waals surface area contributed by atoms with Gasteiger partial charge in [0.05, 0.1) is 0 Å². The van der Waals surface area contributed by atoms with Crippen LogP contribution >= 0.6 is 23.8 Å². The highest BCUT2D eigenvalue weighted by Crippen LogP contribution is 2.24. The maximum atomic E-state index is 12.7. The Kier molecular flexibility index (Phi) is 5.94. The standard InChI is InChI=1S/C17H19ClN4O4S2/c1-11-12(18)3-2-4-13(11)20-17(27)21-7-9-22(10-8-21)28(24,25)15-6-5-14(26-15)16(19)23/h2-6H,7-10H2,1H3,(H2,19,23)(H,20,27). The van der Waals surface area contributed by atoms with Crippen LogP contribution in [0.3, 0.4) is 0 Å². The van der Waals surface area contributed by atoms with Crippen LogP contribution < -0.4 is 11.1 Å². The Hall–Kier alpha value is -2.14. The molecule has 2 heterocycles. The number of nitrogens with zero attached hydrogens (tertiary/aromatic N) is 2. The highest BCUT2D eigenvalue weighted by Gasteiger charge is 2.32. The SMILES string of the molecule is Cc1c(Cl)cccc1NC(=S)N1CCN(S(=O)(=O)c2ccc(C(N)=O)o2)CC1. The van der Waals surface area contributed by atoms with Crippen LogP contribution in [0.1, 0.15) is 16.1 Å². The van der Waals surface area contributed by atoms with Gasteiger partial charge in [0.15, 0.2) is 10.9 Å². The summed E-state index contributed by atoms with van der Waals surface area (Å²) in [4.78, 5) is 13.0. The van der Waals surface area contributed by atoms with Crippen molar-refractivity contribution in [1.82, 2.24) is 9.21 Å². The van der Waals surface area contributed by atoms with Crippen molar-refractivity contribution in [3.05, 3.63) is 46.7 Å². The number of thiocarbonyl (C=S) groups is 1. The molecule has 0 saturated carbocycles. The van der Waals surface area contributed by atoms with E-state index in [0.29, 0.717) is 23.2 Å². The number of furan rings is 1. The van der Waals surface area contributed by atoms with Gasteiger partial charge in [-0.3, -0.25) is 4.79 Å². The number of hydrogen-bond donors (Lipinski definition) is 2. The number of benzene rings is 1. The number of nitrogens with one attached hydrogen (secondary N) is 1. The Morgan fingerprint density at radius 1 is 1.21 bits per heavy atom. The summed E-state index contributed by atoms with van der Waals surface area (Å²) in [6, 6.07) is 7.98. The van der Waals surface area contributed by atoms with Crippen molar-refractivity contribution in [2.24, 2.45) is 5.73 Å². The van der Waals surface area contributed by atoms with Crippen LogP contribution in [0.15, 0.2) is 39.8 Å². The summed E-state index contributed by atoms with van der Waals surface area (Å²) in [5.41, 5.74) is 6.80. The molecule has 1 aliphatic rings. The van der Waals surface area contributed by atoms with Crippen LogP contribution in [0.4, 0.5) is 5.69 Å². The van der Waals surface area contributed by atoms with Crippen molar-refractivity contribution >= 4 is 50.5 Å². The Morgan fingerprint density at radius 2 is 1.89 bits per heavy atom. The molecule has 8 nitrogen and oxygen atoms in total. The molecule has 1 amide bonds. The average Bonchev–Trinajstić information content (AvgIpc) is 3.17. The van der Waals surface area contributed by atoms with Crippen molar-refractivity contribution in [2.75, 3.05) is 31.5 Å². The lowest BCUT2D eigenvalue weighted by Gasteiger charge is -2.35. The van der Waals surface area contributed by atoms with Gasteiger partial charge in [-0.2, -0.15) is 4.31 Å². The molecule has 11 heteroatoms. The second-order valence-corrected chi connectivity index (χ2v) is 8.88. The second kappa shape index (κ2) is 8.08. The first-order chi connectivity index (χ1) is 13.2. The molecule has 0 radical (unpaired) electrons. The first-order valence-electron chi connectivity index (χ1n) is 8.41. The van der Waals surface area contributed by atoms with Gasteiger partial charge in [0, 0.05) is 36.9 Å². The van der Waals surface area contributed by atoms with Gasteiger partial charge in [0.25, 0.3) is 15.9 Å². The molecule has 1 aromatic heterocycles. The first kappa shape index (κ1) is 20.6. The molecular formula is C17H19ClN4O4S2. The van der Waals surface area contributed by atoms with Gasteiger partial charge in [-0.05, 0) is 49.0 Å². The van der Waals surface area contributed by atoms with Gasteiger partial charge in [-0.15, -0.1) is 0 Å². The van der Waals surface area contributed by atoms with E-state index < -0.39 is 15.9 Å². The minimum absolute atomic E-state index is 0.195. The fourth-order valence-corrected chi connectivity index (χ4v) is 4.59. The van der Waals surface area contributed by atoms with Crippen LogP contribution in [0, 0.1) is 6.92 Å². The molecule has 1 fully saturated rings. The van der Waals surface area contributed by atoms with Gasteiger partial charge < -0.3 is 20.4 Å². The average molecular weight is 443 g/mol. The fraction of sp³-hybridized carbons (Fsp3) is 0.294. The number of halogens is 1. The van der Waals surface area contributed by atoms with Crippen molar-refractivity contribution in [3.63, 3.8) is 0 Å². The summed E-state index contributed by atoms with van der Waals surface area (Å²) >= 11 is 11.6. The van der Waals surface area contributed by atoms with E-state index in [9.17, 15) is 13.2 Å². The third kappa shape index (κ3) is 4.14. The zero-order valence-corrected chi connectivity index (χ0v) is 17.4. The third-order valence-electron chi connectivity index (χ3n) is 4.45. The number of piperazine rings is 1. The lowest BCUT2D eigenvalue weighted by molar-refractivity contribution is 0.0968. The van der Waals surface area contributed by atoms with Crippen LogP contribution in [0.25, 0.3) is 0 Å². The van der Waals surface area contributed by atoms with E-state index in [4.69, 9.17) is 34.0 Å². The molecule has 3 rings (SSSR count). The molecule has 28 heavy (non-hydrogen) atoms. The number of nitrogens with two attached hydrogens (primary N) is 1.